The van der Waals surface area contributed by atoms with E-state index >= 15 is 0 Å². The van der Waals surface area contributed by atoms with E-state index in [1.807, 2.05) is 31.2 Å². The number of fused-ring (bicyclic) bond motifs is 1. The average Bonchev–Trinajstić information content (AvgIpc) is 2.82. The zero-order valence-electron chi connectivity index (χ0n) is 9.73. The van der Waals surface area contributed by atoms with Crippen LogP contribution in [0.1, 0.15) is 29.3 Å². The summed E-state index contributed by atoms with van der Waals surface area (Å²) in [6.45, 7) is 2.01. The molecular formula is C13H15N3O. The van der Waals surface area contributed by atoms with E-state index in [9.17, 15) is 4.79 Å². The highest BCUT2D eigenvalue weighted by Gasteiger charge is 2.25. The molecule has 4 nitrogen and oxygen atoms in total. The lowest BCUT2D eigenvalue weighted by molar-refractivity contribution is 0.663. The number of nitrogens with zero attached hydrogens (tertiary/aromatic N) is 1. The highest BCUT2D eigenvalue weighted by atomic mass is 16.1. The zero-order chi connectivity index (χ0) is 12.0. The summed E-state index contributed by atoms with van der Waals surface area (Å²) in [7, 11) is 0. The van der Waals surface area contributed by atoms with Crippen molar-refractivity contribution in [2.75, 3.05) is 0 Å². The van der Waals surface area contributed by atoms with Gasteiger partial charge in [0, 0.05) is 11.6 Å². The Balaban J connectivity index is 2.17. The van der Waals surface area contributed by atoms with Crippen LogP contribution in [0.5, 0.6) is 0 Å². The molecule has 88 valence electrons. The van der Waals surface area contributed by atoms with Crippen LogP contribution >= 0.6 is 0 Å². The smallest absolute Gasteiger partial charge is 0.274 e. The predicted octanol–water partition coefficient (Wildman–Crippen LogP) is 1.42. The van der Waals surface area contributed by atoms with Gasteiger partial charge in [-0.15, -0.1) is 0 Å². The fraction of sp³-hybridized carbons (Fsp3) is 0.308. The zero-order valence-corrected chi connectivity index (χ0v) is 9.73. The SMILES string of the molecule is Cc1cccc(-n2[nH]c3c(c2=O)CCC3N)c1. The van der Waals surface area contributed by atoms with Gasteiger partial charge in [-0.2, -0.15) is 0 Å². The maximum absolute atomic E-state index is 12.2. The molecule has 1 aromatic heterocycles. The Kier molecular flexibility index (Phi) is 2.19. The first-order chi connectivity index (χ1) is 8.16. The Bertz CT molecular complexity index is 624. The van der Waals surface area contributed by atoms with Crippen LogP contribution in [0.4, 0.5) is 0 Å². The summed E-state index contributed by atoms with van der Waals surface area (Å²) in [4.78, 5) is 12.2. The number of aromatic amines is 1. The van der Waals surface area contributed by atoms with Crippen LogP contribution in [-0.4, -0.2) is 9.78 Å². The van der Waals surface area contributed by atoms with E-state index in [2.05, 4.69) is 5.10 Å². The molecular weight excluding hydrogens is 214 g/mol. The van der Waals surface area contributed by atoms with Gasteiger partial charge in [0.05, 0.1) is 11.4 Å². The molecule has 3 rings (SSSR count). The standard InChI is InChI=1S/C13H15N3O/c1-8-3-2-4-9(7-8)16-13(17)10-5-6-11(14)12(10)15-16/h2-4,7,11,15H,5-6,14H2,1H3. The minimum atomic E-state index is -0.0243. The molecule has 0 saturated heterocycles. The molecule has 0 spiro atoms. The first-order valence-corrected chi connectivity index (χ1v) is 5.83. The molecule has 0 aliphatic heterocycles. The molecule has 1 unspecified atom stereocenters. The quantitative estimate of drug-likeness (QED) is 0.776. The van der Waals surface area contributed by atoms with E-state index in [0.717, 1.165) is 35.3 Å². The number of hydrogen-bond donors (Lipinski definition) is 2. The summed E-state index contributed by atoms with van der Waals surface area (Å²) in [5.74, 6) is 0. The fourth-order valence-corrected chi connectivity index (χ4v) is 2.43. The largest absolute Gasteiger partial charge is 0.323 e. The van der Waals surface area contributed by atoms with Crippen LogP contribution in [0.3, 0.4) is 0 Å². The summed E-state index contributed by atoms with van der Waals surface area (Å²) in [5.41, 5.74) is 9.74. The van der Waals surface area contributed by atoms with E-state index in [1.54, 1.807) is 4.68 Å². The van der Waals surface area contributed by atoms with Crippen molar-refractivity contribution in [2.24, 2.45) is 5.73 Å². The molecule has 1 aliphatic carbocycles. The molecule has 0 fully saturated rings. The van der Waals surface area contributed by atoms with E-state index < -0.39 is 0 Å². The lowest BCUT2D eigenvalue weighted by Gasteiger charge is -2.05. The Morgan fingerprint density at radius 1 is 1.47 bits per heavy atom. The van der Waals surface area contributed by atoms with Gasteiger partial charge in [-0.25, -0.2) is 4.68 Å². The second kappa shape index (κ2) is 3.60. The molecule has 0 saturated carbocycles. The monoisotopic (exact) mass is 229 g/mol. The van der Waals surface area contributed by atoms with Crippen molar-refractivity contribution in [3.05, 3.63) is 51.4 Å². The molecule has 0 bridgehead atoms. The Morgan fingerprint density at radius 2 is 2.29 bits per heavy atom. The molecule has 17 heavy (non-hydrogen) atoms. The van der Waals surface area contributed by atoms with Crippen molar-refractivity contribution in [1.82, 2.24) is 9.78 Å². The van der Waals surface area contributed by atoms with Gasteiger partial charge in [0.25, 0.3) is 5.56 Å². The third-order valence-corrected chi connectivity index (χ3v) is 3.35. The van der Waals surface area contributed by atoms with Crippen molar-refractivity contribution >= 4 is 0 Å². The normalized spacial score (nSPS) is 18.4. The van der Waals surface area contributed by atoms with Crippen LogP contribution in [0, 0.1) is 6.92 Å². The van der Waals surface area contributed by atoms with Crippen molar-refractivity contribution in [2.45, 2.75) is 25.8 Å². The number of rotatable bonds is 1. The molecule has 1 aliphatic rings. The molecule has 2 aromatic rings. The molecule has 1 atom stereocenters. The van der Waals surface area contributed by atoms with Gasteiger partial charge in [0.15, 0.2) is 0 Å². The van der Waals surface area contributed by atoms with Crippen molar-refractivity contribution in [3.8, 4) is 5.69 Å². The highest BCUT2D eigenvalue weighted by Crippen LogP contribution is 2.25. The molecule has 4 heteroatoms. The van der Waals surface area contributed by atoms with Gasteiger partial charge in [0.1, 0.15) is 0 Å². The van der Waals surface area contributed by atoms with Crippen LogP contribution in [0.2, 0.25) is 0 Å². The minimum absolute atomic E-state index is 0.0243. The first kappa shape index (κ1) is 10.4. The van der Waals surface area contributed by atoms with Crippen molar-refractivity contribution < 1.29 is 0 Å². The van der Waals surface area contributed by atoms with Crippen LogP contribution in [0.15, 0.2) is 29.1 Å². The highest BCUT2D eigenvalue weighted by molar-refractivity contribution is 5.37. The fourth-order valence-electron chi connectivity index (χ4n) is 2.43. The number of aryl methyl sites for hydroxylation is 1. The number of hydrogen-bond acceptors (Lipinski definition) is 2. The lowest BCUT2D eigenvalue weighted by atomic mass is 10.2. The summed E-state index contributed by atoms with van der Waals surface area (Å²) in [5, 5.41) is 3.13. The molecule has 0 amide bonds. The number of nitrogens with two attached hydrogens (primary N) is 1. The maximum Gasteiger partial charge on any atom is 0.274 e. The van der Waals surface area contributed by atoms with E-state index in [4.69, 9.17) is 5.73 Å². The second-order valence-electron chi connectivity index (χ2n) is 4.63. The molecule has 1 aromatic carbocycles. The van der Waals surface area contributed by atoms with E-state index in [1.165, 1.54) is 0 Å². The summed E-state index contributed by atoms with van der Waals surface area (Å²) >= 11 is 0. The van der Waals surface area contributed by atoms with Gasteiger partial charge in [-0.05, 0) is 37.5 Å². The second-order valence-corrected chi connectivity index (χ2v) is 4.63. The van der Waals surface area contributed by atoms with Gasteiger partial charge >= 0.3 is 0 Å². The van der Waals surface area contributed by atoms with Crippen LogP contribution in [0.25, 0.3) is 5.69 Å². The Morgan fingerprint density at radius 3 is 3.00 bits per heavy atom. The molecule has 0 radical (unpaired) electrons. The van der Waals surface area contributed by atoms with Crippen LogP contribution < -0.4 is 11.3 Å². The number of benzene rings is 1. The molecule has 3 N–H and O–H groups in total. The molecule has 1 heterocycles. The average molecular weight is 229 g/mol. The summed E-state index contributed by atoms with van der Waals surface area (Å²) in [6.07, 6.45) is 1.65. The number of aromatic nitrogens is 2. The van der Waals surface area contributed by atoms with E-state index in [0.29, 0.717) is 0 Å². The van der Waals surface area contributed by atoms with Crippen molar-refractivity contribution in [3.63, 3.8) is 0 Å². The Hall–Kier alpha value is -1.81. The Labute approximate surface area is 99.1 Å². The van der Waals surface area contributed by atoms with Crippen molar-refractivity contribution in [1.29, 1.82) is 0 Å². The van der Waals surface area contributed by atoms with Crippen LogP contribution in [-0.2, 0) is 6.42 Å². The minimum Gasteiger partial charge on any atom is -0.323 e. The van der Waals surface area contributed by atoms with E-state index in [-0.39, 0.29) is 11.6 Å². The first-order valence-electron chi connectivity index (χ1n) is 5.83. The third-order valence-electron chi connectivity index (χ3n) is 3.35. The summed E-state index contributed by atoms with van der Waals surface area (Å²) in [6, 6.07) is 7.84. The van der Waals surface area contributed by atoms with Gasteiger partial charge in [-0.1, -0.05) is 12.1 Å². The predicted molar refractivity (Wildman–Crippen MR) is 66.4 cm³/mol. The summed E-state index contributed by atoms with van der Waals surface area (Å²) < 4.78 is 1.59. The number of nitrogens with one attached hydrogen (secondary N) is 1. The van der Waals surface area contributed by atoms with Gasteiger partial charge in [0.2, 0.25) is 0 Å². The van der Waals surface area contributed by atoms with Gasteiger partial charge < -0.3 is 5.73 Å². The maximum atomic E-state index is 12.2. The third kappa shape index (κ3) is 1.52. The van der Waals surface area contributed by atoms with Gasteiger partial charge in [-0.3, -0.25) is 9.89 Å². The number of H-pyrrole nitrogens is 1. The lowest BCUT2D eigenvalue weighted by Crippen LogP contribution is -2.17. The topological polar surface area (TPSA) is 63.8 Å².